The maximum absolute atomic E-state index is 12.6. The second kappa shape index (κ2) is 8.50. The lowest BCUT2D eigenvalue weighted by atomic mass is 10.2. The number of aromatic nitrogens is 2. The van der Waals surface area contributed by atoms with Crippen LogP contribution < -0.4 is 10.5 Å². The van der Waals surface area contributed by atoms with E-state index in [9.17, 15) is 4.79 Å². The van der Waals surface area contributed by atoms with E-state index in [0.717, 1.165) is 51.1 Å². The van der Waals surface area contributed by atoms with Crippen LogP contribution in [0.25, 0.3) is 5.69 Å². The van der Waals surface area contributed by atoms with Crippen molar-refractivity contribution >= 4 is 17.3 Å². The van der Waals surface area contributed by atoms with Gasteiger partial charge in [-0.1, -0.05) is 36.7 Å². The number of hydrogen-bond donors (Lipinski definition) is 0. The Morgan fingerprint density at radius 1 is 1.24 bits per heavy atom. The predicted molar refractivity (Wildman–Crippen MR) is 101 cm³/mol. The van der Waals surface area contributed by atoms with Gasteiger partial charge >= 0.3 is 0 Å². The van der Waals surface area contributed by atoms with E-state index in [1.54, 1.807) is 6.20 Å². The number of para-hydroxylation sites is 1. The van der Waals surface area contributed by atoms with Crippen LogP contribution in [-0.4, -0.2) is 35.6 Å². The lowest BCUT2D eigenvalue weighted by Gasteiger charge is -2.23. The predicted octanol–water partition coefficient (Wildman–Crippen LogP) is 3.67. The first-order chi connectivity index (χ1) is 12.2. The third-order valence-electron chi connectivity index (χ3n) is 4.47. The second-order valence-electron chi connectivity index (χ2n) is 6.31. The molecule has 0 spiro atoms. The van der Waals surface area contributed by atoms with Crippen LogP contribution >= 0.6 is 11.6 Å². The molecule has 0 bridgehead atoms. The molecule has 6 heteroatoms. The first-order valence-corrected chi connectivity index (χ1v) is 9.28. The normalized spacial score (nSPS) is 18.2. The monoisotopic (exact) mass is 361 g/mol. The van der Waals surface area contributed by atoms with E-state index in [0.29, 0.717) is 11.8 Å². The maximum atomic E-state index is 12.6. The summed E-state index contributed by atoms with van der Waals surface area (Å²) in [6.07, 6.45) is 6.03. The minimum atomic E-state index is -0.284. The van der Waals surface area contributed by atoms with Crippen molar-refractivity contribution in [1.82, 2.24) is 9.78 Å². The molecule has 1 aromatic heterocycles. The van der Waals surface area contributed by atoms with E-state index >= 15 is 0 Å². The Labute approximate surface area is 153 Å². The summed E-state index contributed by atoms with van der Waals surface area (Å²) in [5.41, 5.74) is 1.15. The highest BCUT2D eigenvalue weighted by Crippen LogP contribution is 2.25. The van der Waals surface area contributed by atoms with Crippen LogP contribution in [0, 0.1) is 0 Å². The summed E-state index contributed by atoms with van der Waals surface area (Å²) >= 11 is 6.41. The average Bonchev–Trinajstić information content (AvgIpc) is 2.88. The molecule has 25 heavy (non-hydrogen) atoms. The van der Waals surface area contributed by atoms with Gasteiger partial charge in [-0.25, -0.2) is 0 Å². The second-order valence-corrected chi connectivity index (χ2v) is 6.69. The van der Waals surface area contributed by atoms with Gasteiger partial charge in [-0.05, 0) is 37.8 Å². The summed E-state index contributed by atoms with van der Waals surface area (Å²) < 4.78 is 7.23. The van der Waals surface area contributed by atoms with E-state index < -0.39 is 0 Å². The molecular formula is C19H24ClN3O2. The molecule has 3 rings (SSSR count). The van der Waals surface area contributed by atoms with E-state index in [1.165, 1.54) is 4.68 Å². The number of rotatable bonds is 5. The number of hydrogen-bond acceptors (Lipinski definition) is 4. The van der Waals surface area contributed by atoms with E-state index in [-0.39, 0.29) is 10.6 Å². The Morgan fingerprint density at radius 2 is 2.04 bits per heavy atom. The highest BCUT2D eigenvalue weighted by atomic mass is 35.5. The number of benzene rings is 1. The molecule has 1 atom stereocenters. The van der Waals surface area contributed by atoms with Crippen LogP contribution in [-0.2, 0) is 4.74 Å². The fraction of sp³-hybridized carbons (Fsp3) is 0.474. The van der Waals surface area contributed by atoms with Gasteiger partial charge in [0.1, 0.15) is 5.02 Å². The van der Waals surface area contributed by atoms with Gasteiger partial charge in [0, 0.05) is 19.7 Å². The van der Waals surface area contributed by atoms with Gasteiger partial charge in [-0.2, -0.15) is 9.78 Å². The Bertz CT molecular complexity index is 748. The summed E-state index contributed by atoms with van der Waals surface area (Å²) in [6, 6.07) is 9.32. The van der Waals surface area contributed by atoms with Gasteiger partial charge in [0.2, 0.25) is 0 Å². The Hall–Kier alpha value is -1.85. The van der Waals surface area contributed by atoms with E-state index in [1.807, 2.05) is 30.3 Å². The molecular weight excluding hydrogens is 338 g/mol. The molecule has 0 amide bonds. The number of halogens is 1. The van der Waals surface area contributed by atoms with Gasteiger partial charge in [0.15, 0.2) is 0 Å². The van der Waals surface area contributed by atoms with Gasteiger partial charge in [0.25, 0.3) is 5.56 Å². The van der Waals surface area contributed by atoms with Crippen molar-refractivity contribution in [2.45, 2.75) is 38.7 Å². The Balaban J connectivity index is 1.79. The Kier molecular flexibility index (Phi) is 6.10. The van der Waals surface area contributed by atoms with Crippen LogP contribution in [0.3, 0.4) is 0 Å². The summed E-state index contributed by atoms with van der Waals surface area (Å²) in [7, 11) is 0. The zero-order valence-corrected chi connectivity index (χ0v) is 15.3. The zero-order valence-electron chi connectivity index (χ0n) is 14.5. The molecule has 0 N–H and O–H groups in total. The molecule has 1 unspecified atom stereocenters. The van der Waals surface area contributed by atoms with Crippen molar-refractivity contribution in [3.05, 3.63) is 51.9 Å². The van der Waals surface area contributed by atoms with Gasteiger partial charge in [-0.3, -0.25) is 4.79 Å². The molecule has 1 saturated heterocycles. The van der Waals surface area contributed by atoms with Crippen LogP contribution in [0.4, 0.5) is 5.69 Å². The third kappa shape index (κ3) is 4.22. The first-order valence-electron chi connectivity index (χ1n) is 8.90. The van der Waals surface area contributed by atoms with Crippen molar-refractivity contribution in [3.8, 4) is 5.69 Å². The average molecular weight is 362 g/mol. The van der Waals surface area contributed by atoms with Gasteiger partial charge in [0.05, 0.1) is 23.7 Å². The van der Waals surface area contributed by atoms with E-state index in [2.05, 4.69) is 16.9 Å². The van der Waals surface area contributed by atoms with Gasteiger partial charge in [-0.15, -0.1) is 0 Å². The molecule has 0 aliphatic carbocycles. The fourth-order valence-corrected chi connectivity index (χ4v) is 3.40. The zero-order chi connectivity index (χ0) is 17.6. The largest absolute Gasteiger partial charge is 0.378 e. The van der Waals surface area contributed by atoms with Gasteiger partial charge < -0.3 is 9.64 Å². The van der Waals surface area contributed by atoms with E-state index in [4.69, 9.17) is 16.3 Å². The van der Waals surface area contributed by atoms with Crippen LogP contribution in [0.1, 0.15) is 32.6 Å². The molecule has 5 nitrogen and oxygen atoms in total. The minimum Gasteiger partial charge on any atom is -0.378 e. The number of nitrogens with zero attached hydrogens (tertiary/aromatic N) is 3. The maximum Gasteiger partial charge on any atom is 0.292 e. The molecule has 2 aromatic rings. The summed E-state index contributed by atoms with van der Waals surface area (Å²) in [5, 5.41) is 4.56. The fourth-order valence-electron chi connectivity index (χ4n) is 3.16. The number of anilines is 1. The smallest absolute Gasteiger partial charge is 0.292 e. The minimum absolute atomic E-state index is 0.228. The lowest BCUT2D eigenvalue weighted by molar-refractivity contribution is 0.0461. The Morgan fingerprint density at radius 3 is 2.80 bits per heavy atom. The van der Waals surface area contributed by atoms with Crippen molar-refractivity contribution in [2.75, 3.05) is 24.6 Å². The highest BCUT2D eigenvalue weighted by molar-refractivity contribution is 6.33. The van der Waals surface area contributed by atoms with Crippen molar-refractivity contribution in [1.29, 1.82) is 0 Å². The third-order valence-corrected chi connectivity index (χ3v) is 4.83. The van der Waals surface area contributed by atoms with Crippen LogP contribution in [0.15, 0.2) is 41.3 Å². The first kappa shape index (κ1) is 18.0. The topological polar surface area (TPSA) is 47.4 Å². The summed E-state index contributed by atoms with van der Waals surface area (Å²) in [6.45, 7) is 4.61. The lowest BCUT2D eigenvalue weighted by Crippen LogP contribution is -2.30. The van der Waals surface area contributed by atoms with Crippen molar-refractivity contribution < 1.29 is 4.74 Å². The van der Waals surface area contributed by atoms with Crippen molar-refractivity contribution in [2.24, 2.45) is 0 Å². The molecule has 1 aliphatic rings. The molecule has 134 valence electrons. The molecule has 2 heterocycles. The number of ether oxygens (including phenoxy) is 1. The van der Waals surface area contributed by atoms with Crippen LogP contribution in [0.2, 0.25) is 5.02 Å². The van der Waals surface area contributed by atoms with Crippen LogP contribution in [0.5, 0.6) is 0 Å². The standard InChI is InChI=1S/C19H24ClN3O2/c1-2-13-25-16-9-6-11-22(12-10-16)17-14-21-23(19(24)18(17)20)15-7-4-3-5-8-15/h3-5,7-8,14,16H,2,6,9-13H2,1H3. The molecule has 1 fully saturated rings. The quantitative estimate of drug-likeness (QED) is 0.815. The molecule has 0 radical (unpaired) electrons. The molecule has 0 saturated carbocycles. The molecule has 1 aromatic carbocycles. The van der Waals surface area contributed by atoms with Crippen molar-refractivity contribution in [3.63, 3.8) is 0 Å². The SMILES string of the molecule is CCCOC1CCCN(c2cnn(-c3ccccc3)c(=O)c2Cl)CC1. The summed E-state index contributed by atoms with van der Waals surface area (Å²) in [5.74, 6) is 0. The highest BCUT2D eigenvalue weighted by Gasteiger charge is 2.21. The summed E-state index contributed by atoms with van der Waals surface area (Å²) in [4.78, 5) is 14.8. The molecule has 1 aliphatic heterocycles.